The second-order valence-corrected chi connectivity index (χ2v) is 9.81. The molecule has 4 rings (SSSR count). The highest BCUT2D eigenvalue weighted by molar-refractivity contribution is 7.91. The van der Waals surface area contributed by atoms with Crippen LogP contribution in [-0.4, -0.2) is 40.8 Å². The number of aromatic nitrogens is 3. The molecule has 1 fully saturated rings. The van der Waals surface area contributed by atoms with Gasteiger partial charge < -0.3 is 4.98 Å². The lowest BCUT2D eigenvalue weighted by molar-refractivity contribution is 0.313. The molecule has 6 nitrogen and oxygen atoms in total. The molecule has 0 aromatic carbocycles. The van der Waals surface area contributed by atoms with Gasteiger partial charge in [0.05, 0.1) is 21.7 Å². The van der Waals surface area contributed by atoms with Crippen LogP contribution in [0.15, 0.2) is 28.6 Å². The van der Waals surface area contributed by atoms with Crippen molar-refractivity contribution in [1.29, 1.82) is 0 Å². The Morgan fingerprint density at radius 1 is 1.36 bits per heavy atom. The number of rotatable bonds is 3. The molecule has 0 radical (unpaired) electrons. The fraction of sp³-hybridized carbons (Fsp3) is 0.412. The van der Waals surface area contributed by atoms with Gasteiger partial charge in [0.2, 0.25) is 0 Å². The number of fused-ring (bicyclic) bond motifs is 1. The van der Waals surface area contributed by atoms with E-state index in [4.69, 9.17) is 0 Å². The Morgan fingerprint density at radius 2 is 2.20 bits per heavy atom. The summed E-state index contributed by atoms with van der Waals surface area (Å²) in [7, 11) is -3.48. The van der Waals surface area contributed by atoms with Crippen LogP contribution < -0.4 is 0 Å². The number of thiazole rings is 1. The topological polar surface area (TPSA) is 79.0 Å². The van der Waals surface area contributed by atoms with Crippen molar-refractivity contribution in [3.63, 3.8) is 0 Å². The molecular formula is C17H20N4O2S2. The van der Waals surface area contributed by atoms with E-state index in [1.807, 2.05) is 25.1 Å². The first kappa shape index (κ1) is 16.7. The van der Waals surface area contributed by atoms with Crippen LogP contribution in [0.2, 0.25) is 0 Å². The number of H-pyrrole nitrogens is 1. The first-order chi connectivity index (χ1) is 11.9. The van der Waals surface area contributed by atoms with E-state index in [1.165, 1.54) is 11.3 Å². The third-order valence-corrected chi connectivity index (χ3v) is 8.19. The monoisotopic (exact) mass is 376 g/mol. The molecule has 1 aliphatic rings. The van der Waals surface area contributed by atoms with Crippen molar-refractivity contribution < 1.29 is 8.42 Å². The Hall–Kier alpha value is -1.77. The zero-order valence-corrected chi connectivity index (χ0v) is 15.8. The predicted octanol–water partition coefficient (Wildman–Crippen LogP) is 3.20. The molecule has 132 valence electrons. The van der Waals surface area contributed by atoms with Crippen LogP contribution in [-0.2, 0) is 10.0 Å². The number of hydrogen-bond donors (Lipinski definition) is 1. The van der Waals surface area contributed by atoms with Crippen LogP contribution in [0.4, 0.5) is 0 Å². The van der Waals surface area contributed by atoms with E-state index in [9.17, 15) is 8.42 Å². The average Bonchev–Trinajstić information content (AvgIpc) is 3.18. The van der Waals surface area contributed by atoms with Crippen molar-refractivity contribution in [3.05, 3.63) is 40.8 Å². The van der Waals surface area contributed by atoms with Gasteiger partial charge in [0.1, 0.15) is 0 Å². The molecule has 1 aliphatic heterocycles. The third-order valence-electron chi connectivity index (χ3n) is 4.67. The number of hydrogen-bond acceptors (Lipinski definition) is 5. The van der Waals surface area contributed by atoms with Crippen molar-refractivity contribution in [2.24, 2.45) is 0 Å². The highest BCUT2D eigenvalue weighted by Gasteiger charge is 2.33. The largest absolute Gasteiger partial charge is 0.357 e. The zero-order chi connectivity index (χ0) is 17.6. The molecule has 0 bridgehead atoms. The first-order valence-electron chi connectivity index (χ1n) is 8.33. The van der Waals surface area contributed by atoms with Gasteiger partial charge in [0, 0.05) is 30.9 Å². The van der Waals surface area contributed by atoms with Crippen molar-refractivity contribution in [2.75, 3.05) is 13.1 Å². The summed E-state index contributed by atoms with van der Waals surface area (Å²) in [6, 6.07) is 5.93. The summed E-state index contributed by atoms with van der Waals surface area (Å²) in [5.74, 6) is 0.159. The number of aromatic amines is 1. The van der Waals surface area contributed by atoms with Gasteiger partial charge in [0.15, 0.2) is 4.21 Å². The molecule has 8 heteroatoms. The molecule has 3 aromatic heterocycles. The van der Waals surface area contributed by atoms with Gasteiger partial charge in [-0.25, -0.2) is 13.4 Å². The van der Waals surface area contributed by atoms with Crippen LogP contribution >= 0.6 is 11.3 Å². The second kappa shape index (κ2) is 6.19. The molecule has 0 spiro atoms. The van der Waals surface area contributed by atoms with E-state index in [2.05, 4.69) is 15.0 Å². The fourth-order valence-electron chi connectivity index (χ4n) is 3.48. The quantitative estimate of drug-likeness (QED) is 0.761. The van der Waals surface area contributed by atoms with Crippen molar-refractivity contribution in [3.8, 4) is 0 Å². The molecule has 0 amide bonds. The van der Waals surface area contributed by atoms with E-state index in [-0.39, 0.29) is 5.92 Å². The molecule has 1 atom stereocenters. The van der Waals surface area contributed by atoms with Gasteiger partial charge in [-0.05, 0) is 44.9 Å². The van der Waals surface area contributed by atoms with Crippen LogP contribution in [0, 0.1) is 13.8 Å². The van der Waals surface area contributed by atoms with Gasteiger partial charge in [-0.3, -0.25) is 4.98 Å². The minimum Gasteiger partial charge on any atom is -0.357 e. The minimum absolute atomic E-state index is 0.159. The maximum Gasteiger partial charge on any atom is 0.254 e. The SMILES string of the molecule is Cc1nc(C)c(S(=O)(=O)N2CCCC(c3cc4ncccc4[nH]3)C2)s1. The Morgan fingerprint density at radius 3 is 2.92 bits per heavy atom. The average molecular weight is 377 g/mol. The van der Waals surface area contributed by atoms with Gasteiger partial charge >= 0.3 is 0 Å². The summed E-state index contributed by atoms with van der Waals surface area (Å²) in [6.45, 7) is 4.66. The lowest BCUT2D eigenvalue weighted by atomic mass is 9.96. The summed E-state index contributed by atoms with van der Waals surface area (Å²) >= 11 is 1.26. The summed E-state index contributed by atoms with van der Waals surface area (Å²) < 4.78 is 28.1. The number of sulfonamides is 1. The highest BCUT2D eigenvalue weighted by Crippen LogP contribution is 2.33. The normalized spacial score (nSPS) is 19.5. The van der Waals surface area contributed by atoms with Crippen molar-refractivity contribution in [1.82, 2.24) is 19.3 Å². The maximum atomic E-state index is 13.0. The van der Waals surface area contributed by atoms with E-state index < -0.39 is 10.0 Å². The Balaban J connectivity index is 1.63. The molecule has 0 aliphatic carbocycles. The number of aryl methyl sites for hydroxylation is 2. The molecule has 3 aromatic rings. The summed E-state index contributed by atoms with van der Waals surface area (Å²) in [6.07, 6.45) is 3.59. The minimum atomic E-state index is -3.48. The Labute approximate surface area is 151 Å². The third kappa shape index (κ3) is 2.98. The van der Waals surface area contributed by atoms with Gasteiger partial charge in [-0.15, -0.1) is 11.3 Å². The van der Waals surface area contributed by atoms with E-state index in [1.54, 1.807) is 17.4 Å². The molecular weight excluding hydrogens is 356 g/mol. The zero-order valence-electron chi connectivity index (χ0n) is 14.2. The van der Waals surface area contributed by atoms with Crippen LogP contribution in [0.25, 0.3) is 11.0 Å². The van der Waals surface area contributed by atoms with Crippen molar-refractivity contribution in [2.45, 2.75) is 36.8 Å². The molecule has 1 unspecified atom stereocenters. The van der Waals surface area contributed by atoms with E-state index in [0.717, 1.165) is 34.6 Å². The van der Waals surface area contributed by atoms with Crippen molar-refractivity contribution >= 4 is 32.4 Å². The fourth-order valence-corrected chi connectivity index (χ4v) is 6.62. The summed E-state index contributed by atoms with van der Waals surface area (Å²) in [4.78, 5) is 12.0. The van der Waals surface area contributed by atoms with E-state index >= 15 is 0 Å². The first-order valence-corrected chi connectivity index (χ1v) is 10.6. The lowest BCUT2D eigenvalue weighted by Crippen LogP contribution is -2.39. The summed E-state index contributed by atoms with van der Waals surface area (Å²) in [5.41, 5.74) is 3.57. The molecule has 25 heavy (non-hydrogen) atoms. The van der Waals surface area contributed by atoms with Crippen LogP contribution in [0.5, 0.6) is 0 Å². The predicted molar refractivity (Wildman–Crippen MR) is 98.4 cm³/mol. The molecule has 1 N–H and O–H groups in total. The van der Waals surface area contributed by atoms with Gasteiger partial charge in [-0.2, -0.15) is 4.31 Å². The number of piperidine rings is 1. The Kier molecular flexibility index (Phi) is 4.13. The number of pyridine rings is 1. The second-order valence-electron chi connectivity index (χ2n) is 6.47. The molecule has 0 saturated carbocycles. The number of nitrogens with zero attached hydrogens (tertiary/aromatic N) is 3. The molecule has 4 heterocycles. The lowest BCUT2D eigenvalue weighted by Gasteiger charge is -2.31. The maximum absolute atomic E-state index is 13.0. The standard InChI is InChI=1S/C17H20N4O2S2/c1-11-17(24-12(2)19-11)25(22,23)21-8-4-5-13(10-21)15-9-16-14(20-15)6-3-7-18-16/h3,6-7,9,13,20H,4-5,8,10H2,1-2H3. The van der Waals surface area contributed by atoms with E-state index in [0.29, 0.717) is 23.0 Å². The number of nitrogens with one attached hydrogen (secondary N) is 1. The summed E-state index contributed by atoms with van der Waals surface area (Å²) in [5, 5.41) is 0.784. The smallest absolute Gasteiger partial charge is 0.254 e. The molecule has 1 saturated heterocycles. The van der Waals surface area contributed by atoms with Crippen LogP contribution in [0.3, 0.4) is 0 Å². The Bertz CT molecular complexity index is 989. The van der Waals surface area contributed by atoms with Gasteiger partial charge in [-0.1, -0.05) is 0 Å². The van der Waals surface area contributed by atoms with Crippen LogP contribution in [0.1, 0.15) is 35.2 Å². The highest BCUT2D eigenvalue weighted by atomic mass is 32.2. The van der Waals surface area contributed by atoms with Gasteiger partial charge in [0.25, 0.3) is 10.0 Å².